The summed E-state index contributed by atoms with van der Waals surface area (Å²) < 4.78 is 5.61. The van der Waals surface area contributed by atoms with Gasteiger partial charge in [0.15, 0.2) is 0 Å². The van der Waals surface area contributed by atoms with E-state index in [1.165, 1.54) is 11.1 Å². The summed E-state index contributed by atoms with van der Waals surface area (Å²) in [5.74, 6) is 0. The molecule has 15 heavy (non-hydrogen) atoms. The third-order valence-corrected chi connectivity index (χ3v) is 3.00. The van der Waals surface area contributed by atoms with Gasteiger partial charge in [-0.05, 0) is 0 Å². The SMILES string of the molecule is [Sn+3][O]C(c1ccccc1)c1ccccc1. The van der Waals surface area contributed by atoms with Gasteiger partial charge in [-0.15, -0.1) is 0 Å². The van der Waals surface area contributed by atoms with Crippen LogP contribution < -0.4 is 0 Å². The Hall–Kier alpha value is -0.801. The first-order chi connectivity index (χ1) is 7.42. The minimum atomic E-state index is 0.0746. The van der Waals surface area contributed by atoms with Crippen molar-refractivity contribution in [2.45, 2.75) is 6.10 Å². The van der Waals surface area contributed by atoms with Crippen molar-refractivity contribution < 1.29 is 3.07 Å². The maximum absolute atomic E-state index is 5.61. The summed E-state index contributed by atoms with van der Waals surface area (Å²) in [6.07, 6.45) is 0.0746. The van der Waals surface area contributed by atoms with Crippen molar-refractivity contribution in [3.63, 3.8) is 0 Å². The molecule has 1 nitrogen and oxygen atoms in total. The average molecular weight is 302 g/mol. The van der Waals surface area contributed by atoms with E-state index in [-0.39, 0.29) is 6.10 Å². The van der Waals surface area contributed by atoms with Crippen molar-refractivity contribution >= 4 is 22.9 Å². The van der Waals surface area contributed by atoms with Gasteiger partial charge in [0.25, 0.3) is 0 Å². The molecule has 0 aliphatic rings. The summed E-state index contributed by atoms with van der Waals surface area (Å²) in [6, 6.07) is 20.6. The van der Waals surface area contributed by atoms with E-state index in [9.17, 15) is 0 Å². The normalized spacial score (nSPS) is 10.6. The summed E-state index contributed by atoms with van der Waals surface area (Å²) in [4.78, 5) is 0. The molecular formula is C13H11OSn+3. The average Bonchev–Trinajstić information content (AvgIpc) is 2.33. The van der Waals surface area contributed by atoms with Crippen molar-refractivity contribution in [3.05, 3.63) is 71.8 Å². The van der Waals surface area contributed by atoms with E-state index in [1.807, 2.05) is 36.4 Å². The van der Waals surface area contributed by atoms with Crippen LogP contribution in [0.1, 0.15) is 17.2 Å². The molecular weight excluding hydrogens is 291 g/mol. The molecule has 0 heterocycles. The second kappa shape index (κ2) is 5.33. The van der Waals surface area contributed by atoms with Crippen molar-refractivity contribution in [1.82, 2.24) is 0 Å². The Morgan fingerprint density at radius 1 is 0.733 bits per heavy atom. The van der Waals surface area contributed by atoms with Gasteiger partial charge in [0.1, 0.15) is 0 Å². The molecule has 0 spiro atoms. The molecule has 0 atom stereocenters. The summed E-state index contributed by atoms with van der Waals surface area (Å²) in [6.45, 7) is 0. The summed E-state index contributed by atoms with van der Waals surface area (Å²) in [7, 11) is 0. The second-order valence-corrected chi connectivity index (χ2v) is 3.99. The molecule has 0 bridgehead atoms. The molecule has 0 unspecified atom stereocenters. The molecule has 0 saturated carbocycles. The molecule has 0 aromatic heterocycles. The van der Waals surface area contributed by atoms with Gasteiger partial charge in [-0.2, -0.15) is 0 Å². The van der Waals surface area contributed by atoms with E-state index < -0.39 is 0 Å². The first-order valence-electron chi connectivity index (χ1n) is 4.84. The number of hydrogen-bond acceptors (Lipinski definition) is 1. The predicted molar refractivity (Wildman–Crippen MR) is 61.6 cm³/mol. The van der Waals surface area contributed by atoms with E-state index in [0.717, 1.165) is 22.9 Å². The van der Waals surface area contributed by atoms with E-state index in [4.69, 9.17) is 3.07 Å². The van der Waals surface area contributed by atoms with Gasteiger partial charge in [-0.3, -0.25) is 0 Å². The van der Waals surface area contributed by atoms with E-state index >= 15 is 0 Å². The van der Waals surface area contributed by atoms with Gasteiger partial charge < -0.3 is 0 Å². The van der Waals surface area contributed by atoms with Crippen LogP contribution in [0.2, 0.25) is 0 Å². The summed E-state index contributed by atoms with van der Waals surface area (Å²) in [5.41, 5.74) is 2.42. The quantitative estimate of drug-likeness (QED) is 0.792. The number of rotatable bonds is 3. The topological polar surface area (TPSA) is 9.23 Å². The van der Waals surface area contributed by atoms with Crippen molar-refractivity contribution in [3.8, 4) is 0 Å². The van der Waals surface area contributed by atoms with Crippen LogP contribution in [0.25, 0.3) is 0 Å². The molecule has 2 aromatic rings. The van der Waals surface area contributed by atoms with Crippen LogP contribution in [0.3, 0.4) is 0 Å². The monoisotopic (exact) mass is 303 g/mol. The Bertz CT molecular complexity index is 360. The van der Waals surface area contributed by atoms with Crippen LogP contribution in [0.5, 0.6) is 0 Å². The van der Waals surface area contributed by atoms with Gasteiger partial charge in [-0.25, -0.2) is 0 Å². The summed E-state index contributed by atoms with van der Waals surface area (Å²) >= 11 is 1.09. The third-order valence-electron chi connectivity index (χ3n) is 2.32. The summed E-state index contributed by atoms with van der Waals surface area (Å²) in [5, 5.41) is 0. The molecule has 70 valence electrons. The molecule has 2 aromatic carbocycles. The van der Waals surface area contributed by atoms with Crippen LogP contribution in [0.15, 0.2) is 60.7 Å². The van der Waals surface area contributed by atoms with Gasteiger partial charge in [0, 0.05) is 0 Å². The zero-order valence-electron chi connectivity index (χ0n) is 8.26. The Labute approximate surface area is 104 Å². The van der Waals surface area contributed by atoms with Crippen molar-refractivity contribution in [2.24, 2.45) is 0 Å². The van der Waals surface area contributed by atoms with Crippen LogP contribution in [0.4, 0.5) is 0 Å². The first kappa shape index (κ1) is 10.7. The van der Waals surface area contributed by atoms with Crippen LogP contribution in [-0.4, -0.2) is 22.9 Å². The van der Waals surface area contributed by atoms with Gasteiger partial charge >= 0.3 is 104 Å². The number of benzene rings is 2. The Kier molecular flexibility index (Phi) is 3.80. The molecule has 0 saturated heterocycles. The van der Waals surface area contributed by atoms with E-state index in [1.54, 1.807) is 0 Å². The van der Waals surface area contributed by atoms with E-state index in [2.05, 4.69) is 24.3 Å². The van der Waals surface area contributed by atoms with E-state index in [0.29, 0.717) is 0 Å². The standard InChI is InChI=1S/C13H11O.Sn/c14-13(11-7-3-1-4-8-11)12-9-5-2-6-10-12;/h1-10,13H;/q-1;+4. The molecule has 0 radical (unpaired) electrons. The third kappa shape index (κ3) is 2.61. The zero-order chi connectivity index (χ0) is 10.5. The fourth-order valence-corrected chi connectivity index (χ4v) is 2.36. The first-order valence-corrected chi connectivity index (χ1v) is 6.00. The van der Waals surface area contributed by atoms with Crippen molar-refractivity contribution in [2.75, 3.05) is 0 Å². The van der Waals surface area contributed by atoms with Crippen LogP contribution in [0, 0.1) is 0 Å². The fourth-order valence-electron chi connectivity index (χ4n) is 1.58. The Morgan fingerprint density at radius 3 is 1.47 bits per heavy atom. The van der Waals surface area contributed by atoms with Crippen LogP contribution >= 0.6 is 0 Å². The second-order valence-electron chi connectivity index (χ2n) is 3.32. The maximum atomic E-state index is 5.61. The molecule has 0 aliphatic carbocycles. The fraction of sp³-hybridized carbons (Fsp3) is 0.0769. The molecule has 0 amide bonds. The van der Waals surface area contributed by atoms with Gasteiger partial charge in [0.2, 0.25) is 0 Å². The predicted octanol–water partition coefficient (Wildman–Crippen LogP) is 2.88. The molecule has 0 N–H and O–H groups in total. The molecule has 2 rings (SSSR count). The molecule has 2 heteroatoms. The van der Waals surface area contributed by atoms with Gasteiger partial charge in [0.05, 0.1) is 0 Å². The number of hydrogen-bond donors (Lipinski definition) is 0. The Morgan fingerprint density at radius 2 is 1.13 bits per heavy atom. The Balaban J connectivity index is 2.34. The van der Waals surface area contributed by atoms with Crippen LogP contribution in [-0.2, 0) is 3.07 Å². The molecule has 0 fully saturated rings. The zero-order valence-corrected chi connectivity index (χ0v) is 11.1. The van der Waals surface area contributed by atoms with Crippen molar-refractivity contribution in [1.29, 1.82) is 0 Å². The van der Waals surface area contributed by atoms with Gasteiger partial charge in [-0.1, -0.05) is 0 Å². The minimum absolute atomic E-state index is 0.0746. The molecule has 0 aliphatic heterocycles.